The third kappa shape index (κ3) is 2.42. The zero-order valence-corrected chi connectivity index (χ0v) is 9.44. The lowest BCUT2D eigenvalue weighted by Crippen LogP contribution is -2.24. The largest absolute Gasteiger partial charge is 0.496 e. The first kappa shape index (κ1) is 11.1. The summed E-state index contributed by atoms with van der Waals surface area (Å²) in [6.45, 7) is 0.158. The topological polar surface area (TPSA) is 35.5 Å². The van der Waals surface area contributed by atoms with E-state index in [-0.39, 0.29) is 12.4 Å². The number of carbonyl (C=O) groups excluding carboxylic acids is 1. The molecule has 0 aliphatic heterocycles. The Balaban J connectivity index is 1.96. The molecule has 0 heterocycles. The van der Waals surface area contributed by atoms with Gasteiger partial charge in [-0.2, -0.15) is 0 Å². The fourth-order valence-corrected chi connectivity index (χ4v) is 1.68. The van der Waals surface area contributed by atoms with Gasteiger partial charge in [0.1, 0.15) is 12.4 Å². The maximum atomic E-state index is 11.9. The number of hydrogen-bond acceptors (Lipinski definition) is 3. The summed E-state index contributed by atoms with van der Waals surface area (Å²) in [7, 11) is 1.57. The maximum Gasteiger partial charge on any atom is 0.192 e. The van der Waals surface area contributed by atoms with Crippen LogP contribution < -0.4 is 4.74 Å². The van der Waals surface area contributed by atoms with Crippen molar-refractivity contribution in [2.45, 2.75) is 25.4 Å². The smallest absolute Gasteiger partial charge is 0.192 e. The monoisotopic (exact) mass is 220 g/mol. The van der Waals surface area contributed by atoms with Crippen LogP contribution >= 0.6 is 0 Å². The summed E-state index contributed by atoms with van der Waals surface area (Å²) in [4.78, 5) is 11.9. The summed E-state index contributed by atoms with van der Waals surface area (Å²) < 4.78 is 10.6. The van der Waals surface area contributed by atoms with Gasteiger partial charge in [0.25, 0.3) is 0 Å². The van der Waals surface area contributed by atoms with Gasteiger partial charge in [-0.25, -0.2) is 0 Å². The molecule has 0 atom stereocenters. The Morgan fingerprint density at radius 2 is 2.12 bits per heavy atom. The van der Waals surface area contributed by atoms with Crippen LogP contribution in [0.5, 0.6) is 5.75 Å². The fraction of sp³-hybridized carbons (Fsp3) is 0.462. The van der Waals surface area contributed by atoms with E-state index in [0.717, 1.165) is 12.8 Å². The van der Waals surface area contributed by atoms with Crippen molar-refractivity contribution in [2.75, 3.05) is 13.7 Å². The number of hydrogen-bond donors (Lipinski definition) is 0. The lowest BCUT2D eigenvalue weighted by molar-refractivity contribution is 0.00721. The van der Waals surface area contributed by atoms with Crippen molar-refractivity contribution in [3.05, 3.63) is 29.8 Å². The molecule has 1 aromatic rings. The molecule has 0 amide bonds. The van der Waals surface area contributed by atoms with Crippen molar-refractivity contribution < 1.29 is 14.3 Å². The molecule has 0 radical (unpaired) electrons. The summed E-state index contributed by atoms with van der Waals surface area (Å²) in [5.74, 6) is 0.606. The van der Waals surface area contributed by atoms with Gasteiger partial charge >= 0.3 is 0 Å². The molecule has 16 heavy (non-hydrogen) atoms. The first-order valence-electron chi connectivity index (χ1n) is 5.59. The first-order valence-corrected chi connectivity index (χ1v) is 5.59. The molecule has 1 aliphatic carbocycles. The lowest BCUT2D eigenvalue weighted by atomic mass is 9.96. The van der Waals surface area contributed by atoms with Crippen LogP contribution in [0.15, 0.2) is 24.3 Å². The van der Waals surface area contributed by atoms with Crippen LogP contribution in [0.25, 0.3) is 0 Å². The van der Waals surface area contributed by atoms with E-state index in [1.807, 2.05) is 12.1 Å². The number of rotatable bonds is 5. The van der Waals surface area contributed by atoms with Crippen molar-refractivity contribution in [2.24, 2.45) is 0 Å². The molecule has 0 aromatic heterocycles. The van der Waals surface area contributed by atoms with Crippen LogP contribution in [0.3, 0.4) is 0 Å². The number of Topliss-reactive ketones (excluding diaryl/α,β-unsaturated/α-hetero) is 1. The van der Waals surface area contributed by atoms with Crippen LogP contribution in [0, 0.1) is 0 Å². The minimum Gasteiger partial charge on any atom is -0.496 e. The average molecular weight is 220 g/mol. The minimum absolute atomic E-state index is 0.00986. The zero-order chi connectivity index (χ0) is 11.4. The molecule has 1 fully saturated rings. The molecule has 1 aromatic carbocycles. The fourth-order valence-electron chi connectivity index (χ4n) is 1.68. The van der Waals surface area contributed by atoms with Crippen molar-refractivity contribution in [3.63, 3.8) is 0 Å². The zero-order valence-electron chi connectivity index (χ0n) is 9.44. The minimum atomic E-state index is -0.00986. The predicted octanol–water partition coefficient (Wildman–Crippen LogP) is 2.45. The Morgan fingerprint density at radius 3 is 2.75 bits per heavy atom. The van der Waals surface area contributed by atoms with Gasteiger partial charge in [-0.1, -0.05) is 12.1 Å². The SMILES string of the molecule is COc1ccccc1C(=O)COC1CCC1. The summed E-state index contributed by atoms with van der Waals surface area (Å²) in [6.07, 6.45) is 3.67. The number of para-hydroxylation sites is 1. The van der Waals surface area contributed by atoms with E-state index in [1.165, 1.54) is 6.42 Å². The molecule has 3 nitrogen and oxygen atoms in total. The number of ether oxygens (including phenoxy) is 2. The molecule has 1 saturated carbocycles. The van der Waals surface area contributed by atoms with Gasteiger partial charge in [0, 0.05) is 0 Å². The lowest BCUT2D eigenvalue weighted by Gasteiger charge is -2.25. The highest BCUT2D eigenvalue weighted by Crippen LogP contribution is 2.23. The van der Waals surface area contributed by atoms with Crippen molar-refractivity contribution in [1.29, 1.82) is 0 Å². The van der Waals surface area contributed by atoms with Crippen LogP contribution in [-0.4, -0.2) is 25.6 Å². The Kier molecular flexibility index (Phi) is 3.57. The highest BCUT2D eigenvalue weighted by molar-refractivity contribution is 5.99. The Morgan fingerprint density at radius 1 is 1.38 bits per heavy atom. The normalized spacial score (nSPS) is 15.6. The molecular weight excluding hydrogens is 204 g/mol. The van der Waals surface area contributed by atoms with Crippen LogP contribution in [0.1, 0.15) is 29.6 Å². The van der Waals surface area contributed by atoms with Gasteiger partial charge in [0.2, 0.25) is 0 Å². The number of ketones is 1. The molecule has 0 unspecified atom stereocenters. The van der Waals surface area contributed by atoms with Gasteiger partial charge in [0.15, 0.2) is 5.78 Å². The summed E-state index contributed by atoms with van der Waals surface area (Å²) in [6, 6.07) is 7.24. The van der Waals surface area contributed by atoms with E-state index in [1.54, 1.807) is 19.2 Å². The van der Waals surface area contributed by atoms with E-state index in [2.05, 4.69) is 0 Å². The number of methoxy groups -OCH3 is 1. The molecule has 0 spiro atoms. The molecule has 0 saturated heterocycles. The quantitative estimate of drug-likeness (QED) is 0.715. The first-order chi connectivity index (χ1) is 7.81. The van der Waals surface area contributed by atoms with Gasteiger partial charge < -0.3 is 9.47 Å². The van der Waals surface area contributed by atoms with Gasteiger partial charge in [-0.05, 0) is 31.4 Å². The average Bonchev–Trinajstić information content (AvgIpc) is 2.26. The third-order valence-electron chi connectivity index (χ3n) is 2.91. The second kappa shape index (κ2) is 5.12. The summed E-state index contributed by atoms with van der Waals surface area (Å²) in [5, 5.41) is 0. The Labute approximate surface area is 95.4 Å². The van der Waals surface area contributed by atoms with Crippen LogP contribution in [0.2, 0.25) is 0 Å². The third-order valence-corrected chi connectivity index (χ3v) is 2.91. The van der Waals surface area contributed by atoms with Gasteiger partial charge in [-0.3, -0.25) is 4.79 Å². The Hall–Kier alpha value is -1.35. The highest BCUT2D eigenvalue weighted by Gasteiger charge is 2.20. The molecule has 2 rings (SSSR count). The standard InChI is InChI=1S/C13H16O3/c1-15-13-8-3-2-7-11(13)12(14)9-16-10-5-4-6-10/h2-3,7-8,10H,4-6,9H2,1H3. The molecule has 1 aliphatic rings. The summed E-state index contributed by atoms with van der Waals surface area (Å²) in [5.41, 5.74) is 0.601. The Bertz CT molecular complexity index is 369. The highest BCUT2D eigenvalue weighted by atomic mass is 16.5. The van der Waals surface area contributed by atoms with Crippen LogP contribution in [0.4, 0.5) is 0 Å². The number of benzene rings is 1. The van der Waals surface area contributed by atoms with E-state index in [0.29, 0.717) is 17.4 Å². The predicted molar refractivity (Wildman–Crippen MR) is 60.9 cm³/mol. The molecule has 0 bridgehead atoms. The van der Waals surface area contributed by atoms with E-state index in [9.17, 15) is 4.79 Å². The maximum absolute atomic E-state index is 11.9. The molecule has 3 heteroatoms. The molecule has 86 valence electrons. The van der Waals surface area contributed by atoms with Gasteiger partial charge in [0.05, 0.1) is 18.8 Å². The number of carbonyl (C=O) groups is 1. The van der Waals surface area contributed by atoms with E-state index < -0.39 is 0 Å². The van der Waals surface area contributed by atoms with Crippen LogP contribution in [-0.2, 0) is 4.74 Å². The van der Waals surface area contributed by atoms with Gasteiger partial charge in [-0.15, -0.1) is 0 Å². The molecular formula is C13H16O3. The van der Waals surface area contributed by atoms with E-state index in [4.69, 9.17) is 9.47 Å². The van der Waals surface area contributed by atoms with Crippen molar-refractivity contribution in [3.8, 4) is 5.75 Å². The van der Waals surface area contributed by atoms with Crippen molar-refractivity contribution in [1.82, 2.24) is 0 Å². The molecule has 0 N–H and O–H groups in total. The second-order valence-electron chi connectivity index (χ2n) is 3.99. The second-order valence-corrected chi connectivity index (χ2v) is 3.99. The van der Waals surface area contributed by atoms with Crippen molar-refractivity contribution >= 4 is 5.78 Å². The summed E-state index contributed by atoms with van der Waals surface area (Å²) >= 11 is 0. The van der Waals surface area contributed by atoms with E-state index >= 15 is 0 Å².